The van der Waals surface area contributed by atoms with Gasteiger partial charge in [0.2, 0.25) is 0 Å². The maximum Gasteiger partial charge on any atom is 0.0619 e. The van der Waals surface area contributed by atoms with Crippen molar-refractivity contribution in [1.29, 1.82) is 0 Å². The molecule has 0 radical (unpaired) electrons. The Bertz CT molecular complexity index is 3050. The molecule has 1 nitrogen and oxygen atoms in total. The van der Waals surface area contributed by atoms with Crippen LogP contribution in [0.4, 0.5) is 0 Å². The van der Waals surface area contributed by atoms with Crippen molar-refractivity contribution in [2.24, 2.45) is 0 Å². The molecule has 0 unspecified atom stereocenters. The number of aromatic nitrogens is 1. The van der Waals surface area contributed by atoms with Gasteiger partial charge in [0.1, 0.15) is 0 Å². The summed E-state index contributed by atoms with van der Waals surface area (Å²) < 4.78 is 2.52. The molecule has 51 heavy (non-hydrogen) atoms. The van der Waals surface area contributed by atoms with Crippen molar-refractivity contribution in [1.82, 2.24) is 4.57 Å². The molecule has 11 rings (SSSR count). The first-order chi connectivity index (χ1) is 25.3. The van der Waals surface area contributed by atoms with E-state index in [0.29, 0.717) is 0 Å². The highest BCUT2D eigenvalue weighted by Gasteiger charge is 2.20. The van der Waals surface area contributed by atoms with Gasteiger partial charge in [-0.1, -0.05) is 170 Å². The maximum absolute atomic E-state index is 2.52. The minimum Gasteiger partial charge on any atom is -0.308 e. The Morgan fingerprint density at radius 3 is 1.24 bits per heavy atom. The Kier molecular flexibility index (Phi) is 6.02. The molecule has 1 heterocycles. The van der Waals surface area contributed by atoms with Crippen molar-refractivity contribution in [3.63, 3.8) is 0 Å². The van der Waals surface area contributed by atoms with Gasteiger partial charge in [-0.2, -0.15) is 0 Å². The summed E-state index contributed by atoms with van der Waals surface area (Å²) >= 11 is 0. The quantitative estimate of drug-likeness (QED) is 0.169. The van der Waals surface area contributed by atoms with E-state index in [9.17, 15) is 0 Å². The predicted molar refractivity (Wildman–Crippen MR) is 219 cm³/mol. The summed E-state index contributed by atoms with van der Waals surface area (Å²) in [4.78, 5) is 0. The molecule has 1 heteroatoms. The summed E-state index contributed by atoms with van der Waals surface area (Å²) in [6.45, 7) is 0. The van der Waals surface area contributed by atoms with Gasteiger partial charge in [-0.05, 0) is 83.5 Å². The standard InChI is InChI=1S/C50H31N/c1-2-15-35-30-37(25-24-32(35)12-1)48-43-22-9-7-20-41(43)47(42-21-8-10-23-44(42)48)36-16-11-17-38(31-36)51-49-39-18-5-3-13-33(39)26-28-45(49)46-29-27-34-14-4-6-19-40(34)50(46)51/h1-31H. The Hall–Kier alpha value is -6.70. The van der Waals surface area contributed by atoms with Gasteiger partial charge in [-0.25, -0.2) is 0 Å². The fourth-order valence-electron chi connectivity index (χ4n) is 8.69. The molecule has 1 aromatic heterocycles. The third kappa shape index (κ3) is 4.16. The highest BCUT2D eigenvalue weighted by atomic mass is 15.0. The summed E-state index contributed by atoms with van der Waals surface area (Å²) in [5.41, 5.74) is 8.66. The van der Waals surface area contributed by atoms with E-state index < -0.39 is 0 Å². The van der Waals surface area contributed by atoms with Crippen molar-refractivity contribution in [2.45, 2.75) is 0 Å². The van der Waals surface area contributed by atoms with Crippen molar-refractivity contribution < 1.29 is 0 Å². The molecular weight excluding hydrogens is 615 g/mol. The summed E-state index contributed by atoms with van der Waals surface area (Å²) in [6.07, 6.45) is 0. The van der Waals surface area contributed by atoms with Gasteiger partial charge >= 0.3 is 0 Å². The van der Waals surface area contributed by atoms with Crippen LogP contribution in [0.1, 0.15) is 0 Å². The molecule has 0 amide bonds. The monoisotopic (exact) mass is 645 g/mol. The molecule has 11 aromatic rings. The smallest absolute Gasteiger partial charge is 0.0619 e. The van der Waals surface area contributed by atoms with E-state index in [2.05, 4.69) is 193 Å². The van der Waals surface area contributed by atoms with Crippen molar-refractivity contribution in [3.05, 3.63) is 188 Å². The van der Waals surface area contributed by atoms with Crippen LogP contribution in [0.3, 0.4) is 0 Å². The molecule has 0 atom stereocenters. The maximum atomic E-state index is 2.52. The second kappa shape index (κ2) is 10.9. The normalized spacial score (nSPS) is 11.9. The first-order valence-electron chi connectivity index (χ1n) is 17.7. The van der Waals surface area contributed by atoms with Gasteiger partial charge in [0, 0.05) is 27.2 Å². The van der Waals surface area contributed by atoms with Crippen LogP contribution in [0.5, 0.6) is 0 Å². The lowest BCUT2D eigenvalue weighted by Gasteiger charge is -2.19. The van der Waals surface area contributed by atoms with Crippen molar-refractivity contribution in [2.75, 3.05) is 0 Å². The Morgan fingerprint density at radius 1 is 0.255 bits per heavy atom. The van der Waals surface area contributed by atoms with Crippen molar-refractivity contribution in [3.8, 4) is 27.9 Å². The summed E-state index contributed by atoms with van der Waals surface area (Å²) in [5.74, 6) is 0. The molecule has 0 aliphatic heterocycles. The molecule has 0 aliphatic carbocycles. The third-order valence-corrected chi connectivity index (χ3v) is 10.9. The fraction of sp³-hybridized carbons (Fsp3) is 0. The molecule has 0 N–H and O–H groups in total. The molecule has 0 spiro atoms. The molecule has 0 bridgehead atoms. The first-order valence-corrected chi connectivity index (χ1v) is 17.7. The van der Waals surface area contributed by atoms with Crippen LogP contribution in [0.25, 0.3) is 104 Å². The van der Waals surface area contributed by atoms with Gasteiger partial charge < -0.3 is 4.57 Å². The zero-order valence-electron chi connectivity index (χ0n) is 27.8. The summed E-state index contributed by atoms with van der Waals surface area (Å²) in [7, 11) is 0. The van der Waals surface area contributed by atoms with Crippen molar-refractivity contribution >= 4 is 75.7 Å². The second-order valence-electron chi connectivity index (χ2n) is 13.7. The number of fused-ring (bicyclic) bond motifs is 10. The van der Waals surface area contributed by atoms with Crippen LogP contribution in [0.15, 0.2) is 188 Å². The van der Waals surface area contributed by atoms with E-state index >= 15 is 0 Å². The lowest BCUT2D eigenvalue weighted by Crippen LogP contribution is -1.96. The predicted octanol–water partition coefficient (Wildman–Crippen LogP) is 13.9. The average Bonchev–Trinajstić information content (AvgIpc) is 3.55. The number of hydrogen-bond donors (Lipinski definition) is 0. The van der Waals surface area contributed by atoms with Crippen LogP contribution in [0, 0.1) is 0 Å². The minimum atomic E-state index is 1.16. The first kappa shape index (κ1) is 28.2. The van der Waals surface area contributed by atoms with E-state index in [1.807, 2.05) is 0 Å². The highest BCUT2D eigenvalue weighted by molar-refractivity contribution is 6.25. The van der Waals surface area contributed by atoms with Gasteiger partial charge in [0.15, 0.2) is 0 Å². The zero-order valence-corrected chi connectivity index (χ0v) is 27.8. The van der Waals surface area contributed by atoms with Crippen LogP contribution in [0.2, 0.25) is 0 Å². The Labute approximate surface area is 295 Å². The topological polar surface area (TPSA) is 4.93 Å². The van der Waals surface area contributed by atoms with E-state index in [0.717, 1.165) is 5.69 Å². The summed E-state index contributed by atoms with van der Waals surface area (Å²) in [5, 5.41) is 15.1. The molecule has 10 aromatic carbocycles. The number of hydrogen-bond acceptors (Lipinski definition) is 0. The number of rotatable bonds is 3. The largest absolute Gasteiger partial charge is 0.308 e. The SMILES string of the molecule is c1cc(-c2c3ccccc3c(-c3ccc4ccccc4c3)c3ccccc23)cc(-n2c3c4ccccc4ccc3c3ccc4ccccc4c32)c1. The number of nitrogens with zero attached hydrogens (tertiary/aromatic N) is 1. The molecule has 0 saturated carbocycles. The Morgan fingerprint density at radius 2 is 0.686 bits per heavy atom. The van der Waals surface area contributed by atoms with Crippen LogP contribution >= 0.6 is 0 Å². The molecular formula is C50H31N. The number of benzene rings is 10. The van der Waals surface area contributed by atoms with Gasteiger partial charge in [0.25, 0.3) is 0 Å². The summed E-state index contributed by atoms with van der Waals surface area (Å²) in [6, 6.07) is 69.4. The van der Waals surface area contributed by atoms with E-state index in [1.165, 1.54) is 97.9 Å². The zero-order chi connectivity index (χ0) is 33.5. The van der Waals surface area contributed by atoms with E-state index in [4.69, 9.17) is 0 Å². The van der Waals surface area contributed by atoms with Gasteiger partial charge in [0.05, 0.1) is 11.0 Å². The third-order valence-electron chi connectivity index (χ3n) is 10.9. The second-order valence-corrected chi connectivity index (χ2v) is 13.7. The molecule has 236 valence electrons. The van der Waals surface area contributed by atoms with E-state index in [1.54, 1.807) is 0 Å². The molecule has 0 saturated heterocycles. The van der Waals surface area contributed by atoms with Gasteiger partial charge in [-0.15, -0.1) is 0 Å². The average molecular weight is 646 g/mol. The van der Waals surface area contributed by atoms with Crippen LogP contribution in [-0.4, -0.2) is 4.57 Å². The van der Waals surface area contributed by atoms with Crippen LogP contribution in [-0.2, 0) is 0 Å². The van der Waals surface area contributed by atoms with Gasteiger partial charge in [-0.3, -0.25) is 0 Å². The highest BCUT2D eigenvalue weighted by Crippen LogP contribution is 2.45. The molecule has 0 fully saturated rings. The minimum absolute atomic E-state index is 1.16. The fourth-order valence-corrected chi connectivity index (χ4v) is 8.69. The van der Waals surface area contributed by atoms with Crippen LogP contribution < -0.4 is 0 Å². The van der Waals surface area contributed by atoms with E-state index in [-0.39, 0.29) is 0 Å². The lowest BCUT2D eigenvalue weighted by atomic mass is 9.85. The molecule has 0 aliphatic rings. The lowest BCUT2D eigenvalue weighted by molar-refractivity contribution is 1.19. The Balaban J connectivity index is 1.23.